The van der Waals surface area contributed by atoms with Crippen molar-refractivity contribution < 1.29 is 0 Å². The van der Waals surface area contributed by atoms with Crippen molar-refractivity contribution in [3.05, 3.63) is 33.5 Å². The van der Waals surface area contributed by atoms with Crippen LogP contribution in [0, 0.1) is 6.92 Å². The maximum absolute atomic E-state index is 5.82. The Balaban J connectivity index is 2.59. The quantitative estimate of drug-likeness (QED) is 0.877. The molecular weight excluding hydrogens is 279 g/mol. The first-order valence-electron chi connectivity index (χ1n) is 4.21. The van der Waals surface area contributed by atoms with Crippen molar-refractivity contribution in [1.82, 2.24) is 14.8 Å². The molecule has 0 radical (unpaired) electrons. The minimum absolute atomic E-state index is 0.298. The van der Waals surface area contributed by atoms with Crippen LogP contribution in [-0.2, 0) is 0 Å². The number of halogens is 2. The Bertz CT molecular complexity index is 489. The van der Waals surface area contributed by atoms with Crippen LogP contribution in [0.4, 0.5) is 5.82 Å². The summed E-state index contributed by atoms with van der Waals surface area (Å²) in [6, 6.07) is 1.90. The lowest BCUT2D eigenvalue weighted by atomic mass is 10.3. The van der Waals surface area contributed by atoms with Gasteiger partial charge in [-0.15, -0.1) is 5.10 Å². The standard InChI is InChI=1S/C9H8BrClN4/c1-5-2-3-13-9(7(5)10)15-4-6(11)8(12)14-15/h2-4H,1H3,(H2,12,14). The van der Waals surface area contributed by atoms with E-state index in [1.54, 1.807) is 17.1 Å². The molecule has 78 valence electrons. The van der Waals surface area contributed by atoms with Crippen LogP contribution in [0.5, 0.6) is 0 Å². The predicted octanol–water partition coefficient (Wildman–Crippen LogP) is 2.57. The highest BCUT2D eigenvalue weighted by molar-refractivity contribution is 9.10. The maximum atomic E-state index is 5.82. The lowest BCUT2D eigenvalue weighted by Gasteiger charge is -2.04. The van der Waals surface area contributed by atoms with Crippen molar-refractivity contribution >= 4 is 33.3 Å². The number of rotatable bonds is 1. The summed E-state index contributed by atoms with van der Waals surface area (Å²) in [6.07, 6.45) is 3.34. The van der Waals surface area contributed by atoms with Gasteiger partial charge in [0.05, 0.1) is 10.7 Å². The van der Waals surface area contributed by atoms with Gasteiger partial charge in [0.1, 0.15) is 5.02 Å². The summed E-state index contributed by atoms with van der Waals surface area (Å²) in [6.45, 7) is 1.98. The second-order valence-corrected chi connectivity index (χ2v) is 4.27. The number of hydrogen-bond acceptors (Lipinski definition) is 3. The lowest BCUT2D eigenvalue weighted by Crippen LogP contribution is -2.01. The summed E-state index contributed by atoms with van der Waals surface area (Å²) in [5.41, 5.74) is 6.63. The second kappa shape index (κ2) is 3.83. The van der Waals surface area contributed by atoms with Crippen LogP contribution in [0.1, 0.15) is 5.56 Å². The van der Waals surface area contributed by atoms with Gasteiger partial charge in [0, 0.05) is 6.20 Å². The summed E-state index contributed by atoms with van der Waals surface area (Å²) < 4.78 is 2.43. The molecule has 0 spiro atoms. The van der Waals surface area contributed by atoms with Crippen molar-refractivity contribution in [2.45, 2.75) is 6.92 Å². The topological polar surface area (TPSA) is 56.7 Å². The van der Waals surface area contributed by atoms with Crippen molar-refractivity contribution in [2.24, 2.45) is 0 Å². The largest absolute Gasteiger partial charge is 0.381 e. The third-order valence-electron chi connectivity index (χ3n) is 1.98. The van der Waals surface area contributed by atoms with E-state index >= 15 is 0 Å². The highest BCUT2D eigenvalue weighted by Gasteiger charge is 2.09. The number of nitrogens with zero attached hydrogens (tertiary/aromatic N) is 3. The first-order chi connectivity index (χ1) is 7.09. The van der Waals surface area contributed by atoms with Crippen LogP contribution in [0.25, 0.3) is 5.82 Å². The number of pyridine rings is 1. The molecule has 2 heterocycles. The van der Waals surface area contributed by atoms with E-state index in [1.807, 2.05) is 13.0 Å². The van der Waals surface area contributed by atoms with E-state index in [-0.39, 0.29) is 0 Å². The summed E-state index contributed by atoms with van der Waals surface area (Å²) in [7, 11) is 0. The molecule has 0 saturated heterocycles. The number of aryl methyl sites for hydroxylation is 1. The van der Waals surface area contributed by atoms with E-state index in [0.717, 1.165) is 10.0 Å². The zero-order chi connectivity index (χ0) is 11.0. The number of anilines is 1. The van der Waals surface area contributed by atoms with Crippen LogP contribution in [0.3, 0.4) is 0 Å². The van der Waals surface area contributed by atoms with Crippen molar-refractivity contribution in [3.63, 3.8) is 0 Å². The molecule has 2 aromatic rings. The van der Waals surface area contributed by atoms with Crippen LogP contribution in [0.2, 0.25) is 5.02 Å². The minimum atomic E-state index is 0.298. The van der Waals surface area contributed by atoms with Gasteiger partial charge in [-0.05, 0) is 34.5 Å². The van der Waals surface area contributed by atoms with Gasteiger partial charge in [-0.3, -0.25) is 0 Å². The first kappa shape index (κ1) is 10.4. The Kier molecular flexibility index (Phi) is 2.67. The molecule has 4 nitrogen and oxygen atoms in total. The fourth-order valence-electron chi connectivity index (χ4n) is 1.16. The SMILES string of the molecule is Cc1ccnc(-n2cc(Cl)c(N)n2)c1Br. The lowest BCUT2D eigenvalue weighted by molar-refractivity contribution is 0.844. The zero-order valence-corrected chi connectivity index (χ0v) is 10.2. The molecule has 6 heteroatoms. The van der Waals surface area contributed by atoms with Gasteiger partial charge in [-0.1, -0.05) is 11.6 Å². The highest BCUT2D eigenvalue weighted by Crippen LogP contribution is 2.24. The number of hydrogen-bond donors (Lipinski definition) is 1. The Labute approximate surface area is 100 Å². The molecule has 0 atom stereocenters. The minimum Gasteiger partial charge on any atom is -0.381 e. The summed E-state index contributed by atoms with van der Waals surface area (Å²) in [5, 5.41) is 4.47. The van der Waals surface area contributed by atoms with Crippen molar-refractivity contribution in [1.29, 1.82) is 0 Å². The molecular formula is C9H8BrClN4. The number of nitrogens with two attached hydrogens (primary N) is 1. The van der Waals surface area contributed by atoms with E-state index in [9.17, 15) is 0 Å². The van der Waals surface area contributed by atoms with E-state index in [4.69, 9.17) is 17.3 Å². The average Bonchev–Trinajstić information content (AvgIpc) is 2.51. The molecule has 0 unspecified atom stereocenters. The third-order valence-corrected chi connectivity index (χ3v) is 3.25. The van der Waals surface area contributed by atoms with E-state index in [0.29, 0.717) is 16.7 Å². The zero-order valence-electron chi connectivity index (χ0n) is 7.91. The summed E-state index contributed by atoms with van der Waals surface area (Å²) in [5.74, 6) is 0.973. The van der Waals surface area contributed by atoms with Crippen molar-refractivity contribution in [3.8, 4) is 5.82 Å². The van der Waals surface area contributed by atoms with Gasteiger partial charge in [0.2, 0.25) is 0 Å². The first-order valence-corrected chi connectivity index (χ1v) is 5.39. The van der Waals surface area contributed by atoms with E-state index in [2.05, 4.69) is 26.0 Å². The molecule has 15 heavy (non-hydrogen) atoms. The van der Waals surface area contributed by atoms with E-state index in [1.165, 1.54) is 0 Å². The van der Waals surface area contributed by atoms with Gasteiger partial charge in [-0.2, -0.15) is 0 Å². The molecule has 0 aliphatic rings. The molecule has 0 fully saturated rings. The smallest absolute Gasteiger partial charge is 0.168 e. The van der Waals surface area contributed by atoms with Crippen LogP contribution in [-0.4, -0.2) is 14.8 Å². The Morgan fingerprint density at radius 2 is 2.27 bits per heavy atom. The van der Waals surface area contributed by atoms with Gasteiger partial charge in [0.25, 0.3) is 0 Å². The molecule has 0 saturated carbocycles. The van der Waals surface area contributed by atoms with Crippen molar-refractivity contribution in [2.75, 3.05) is 5.73 Å². The molecule has 2 aromatic heterocycles. The van der Waals surface area contributed by atoms with Gasteiger partial charge < -0.3 is 5.73 Å². The third kappa shape index (κ3) is 1.85. The van der Waals surface area contributed by atoms with Gasteiger partial charge in [0.15, 0.2) is 11.6 Å². The number of aromatic nitrogens is 3. The molecule has 2 rings (SSSR count). The Morgan fingerprint density at radius 3 is 2.87 bits per heavy atom. The van der Waals surface area contributed by atoms with Crippen LogP contribution in [0.15, 0.2) is 22.9 Å². The predicted molar refractivity (Wildman–Crippen MR) is 63.2 cm³/mol. The fraction of sp³-hybridized carbons (Fsp3) is 0.111. The molecule has 0 amide bonds. The molecule has 2 N–H and O–H groups in total. The van der Waals surface area contributed by atoms with Crippen LogP contribution < -0.4 is 5.73 Å². The average molecular weight is 288 g/mol. The summed E-state index contributed by atoms with van der Waals surface area (Å²) >= 11 is 9.26. The fourth-order valence-corrected chi connectivity index (χ4v) is 1.71. The molecule has 0 bridgehead atoms. The summed E-state index contributed by atoms with van der Waals surface area (Å²) in [4.78, 5) is 4.20. The van der Waals surface area contributed by atoms with Gasteiger partial charge in [-0.25, -0.2) is 9.67 Å². The Hall–Kier alpha value is -1.07. The second-order valence-electron chi connectivity index (χ2n) is 3.07. The van der Waals surface area contributed by atoms with E-state index < -0.39 is 0 Å². The van der Waals surface area contributed by atoms with Crippen LogP contribution >= 0.6 is 27.5 Å². The normalized spacial score (nSPS) is 10.6. The monoisotopic (exact) mass is 286 g/mol. The molecule has 0 aromatic carbocycles. The molecule has 0 aliphatic carbocycles. The number of nitrogen functional groups attached to an aromatic ring is 1. The Morgan fingerprint density at radius 1 is 1.53 bits per heavy atom. The maximum Gasteiger partial charge on any atom is 0.168 e. The molecule has 0 aliphatic heterocycles. The van der Waals surface area contributed by atoms with Gasteiger partial charge >= 0.3 is 0 Å². The highest BCUT2D eigenvalue weighted by atomic mass is 79.9.